The minimum absolute atomic E-state index is 0.0704. The molecule has 0 aliphatic heterocycles. The first kappa shape index (κ1) is 18.0. The summed E-state index contributed by atoms with van der Waals surface area (Å²) in [4.78, 5) is 12.3. The maximum atomic E-state index is 12.5. The molecule has 1 aromatic heterocycles. The number of sulfonamides is 1. The third-order valence-electron chi connectivity index (χ3n) is 3.41. The molecule has 1 aromatic carbocycles. The smallest absolute Gasteiger partial charge is 0.273 e. The van der Waals surface area contributed by atoms with Crippen molar-refractivity contribution in [1.29, 1.82) is 0 Å². The van der Waals surface area contributed by atoms with Crippen LogP contribution in [0.15, 0.2) is 35.4 Å². The third kappa shape index (κ3) is 4.14. The second kappa shape index (κ2) is 7.48. The number of carbonyl (C=O) groups excluding carboxylic acids is 1. The standard InChI is InChI=1S/C16H22N4O3S/c1-4-10-17-16(21)15-14(11-20(5-2)18-15)19-24(22,23)13-8-6-12(3)7-9-13/h6-9,11,19H,4-5,10H2,1-3H3,(H,17,21). The van der Waals surface area contributed by atoms with Crippen LogP contribution in [-0.4, -0.2) is 30.7 Å². The molecule has 7 nitrogen and oxygen atoms in total. The van der Waals surface area contributed by atoms with Gasteiger partial charge < -0.3 is 5.32 Å². The van der Waals surface area contributed by atoms with Crippen molar-refractivity contribution >= 4 is 21.6 Å². The molecule has 0 atom stereocenters. The maximum Gasteiger partial charge on any atom is 0.273 e. The van der Waals surface area contributed by atoms with E-state index in [9.17, 15) is 13.2 Å². The minimum atomic E-state index is -3.78. The number of amides is 1. The summed E-state index contributed by atoms with van der Waals surface area (Å²) in [5, 5.41) is 6.86. The van der Waals surface area contributed by atoms with Crippen LogP contribution in [0.3, 0.4) is 0 Å². The average molecular weight is 350 g/mol. The first-order chi connectivity index (χ1) is 11.4. The highest BCUT2D eigenvalue weighted by atomic mass is 32.2. The first-order valence-corrected chi connectivity index (χ1v) is 9.30. The van der Waals surface area contributed by atoms with Crippen molar-refractivity contribution in [1.82, 2.24) is 15.1 Å². The summed E-state index contributed by atoms with van der Waals surface area (Å²) in [5.41, 5.74) is 1.21. The molecule has 0 unspecified atom stereocenters. The number of nitrogens with one attached hydrogen (secondary N) is 2. The molecule has 1 amide bonds. The normalized spacial score (nSPS) is 11.3. The van der Waals surface area contributed by atoms with Crippen molar-refractivity contribution in [3.8, 4) is 0 Å². The molecular weight excluding hydrogens is 328 g/mol. The van der Waals surface area contributed by atoms with Crippen molar-refractivity contribution < 1.29 is 13.2 Å². The summed E-state index contributed by atoms with van der Waals surface area (Å²) >= 11 is 0. The molecule has 1 heterocycles. The summed E-state index contributed by atoms with van der Waals surface area (Å²) in [6.45, 7) is 6.71. The molecule has 24 heavy (non-hydrogen) atoms. The molecule has 2 rings (SSSR count). The van der Waals surface area contributed by atoms with Gasteiger partial charge >= 0.3 is 0 Å². The van der Waals surface area contributed by atoms with Crippen molar-refractivity contribution in [2.75, 3.05) is 11.3 Å². The summed E-state index contributed by atoms with van der Waals surface area (Å²) in [6, 6.07) is 6.50. The van der Waals surface area contributed by atoms with Gasteiger partial charge in [0.25, 0.3) is 15.9 Å². The van der Waals surface area contributed by atoms with Crippen LogP contribution in [0.4, 0.5) is 5.69 Å². The Labute approximate surface area is 142 Å². The van der Waals surface area contributed by atoms with E-state index < -0.39 is 15.9 Å². The Balaban J connectivity index is 2.32. The largest absolute Gasteiger partial charge is 0.351 e. The number of aryl methyl sites for hydroxylation is 2. The summed E-state index contributed by atoms with van der Waals surface area (Å²) in [5.74, 6) is -0.398. The first-order valence-electron chi connectivity index (χ1n) is 7.82. The highest BCUT2D eigenvalue weighted by Gasteiger charge is 2.22. The molecule has 0 aliphatic carbocycles. The van der Waals surface area contributed by atoms with Crippen LogP contribution in [0.5, 0.6) is 0 Å². The van der Waals surface area contributed by atoms with Crippen LogP contribution in [0, 0.1) is 6.92 Å². The molecule has 0 aliphatic rings. The van der Waals surface area contributed by atoms with E-state index in [1.54, 1.807) is 12.1 Å². The van der Waals surface area contributed by atoms with Gasteiger partial charge in [-0.3, -0.25) is 14.2 Å². The monoisotopic (exact) mass is 350 g/mol. The van der Waals surface area contributed by atoms with Gasteiger partial charge in [-0.25, -0.2) is 8.42 Å². The minimum Gasteiger partial charge on any atom is -0.351 e. The van der Waals surface area contributed by atoms with Gasteiger partial charge in [-0.15, -0.1) is 0 Å². The Hall–Kier alpha value is -2.35. The lowest BCUT2D eigenvalue weighted by Gasteiger charge is -2.08. The van der Waals surface area contributed by atoms with Crippen molar-refractivity contribution in [3.05, 3.63) is 41.7 Å². The van der Waals surface area contributed by atoms with E-state index in [0.717, 1.165) is 12.0 Å². The van der Waals surface area contributed by atoms with E-state index in [1.165, 1.54) is 23.0 Å². The van der Waals surface area contributed by atoms with Crippen molar-refractivity contribution in [2.45, 2.75) is 38.6 Å². The molecule has 2 aromatic rings. The lowest BCUT2D eigenvalue weighted by Crippen LogP contribution is -2.26. The van der Waals surface area contributed by atoms with Crippen molar-refractivity contribution in [3.63, 3.8) is 0 Å². The zero-order chi connectivity index (χ0) is 17.7. The molecular formula is C16H22N4O3S. The van der Waals surface area contributed by atoms with Crippen LogP contribution < -0.4 is 10.0 Å². The quantitative estimate of drug-likeness (QED) is 0.800. The Bertz CT molecular complexity index is 810. The average Bonchev–Trinajstić information content (AvgIpc) is 2.95. The van der Waals surface area contributed by atoms with Crippen LogP contribution >= 0.6 is 0 Å². The molecule has 0 radical (unpaired) electrons. The Kier molecular flexibility index (Phi) is 5.61. The fourth-order valence-electron chi connectivity index (χ4n) is 2.07. The Morgan fingerprint density at radius 2 is 1.88 bits per heavy atom. The van der Waals surface area contributed by atoms with E-state index in [0.29, 0.717) is 13.1 Å². The van der Waals surface area contributed by atoms with Gasteiger partial charge in [-0.2, -0.15) is 5.10 Å². The lowest BCUT2D eigenvalue weighted by molar-refractivity contribution is 0.0948. The summed E-state index contributed by atoms with van der Waals surface area (Å²) < 4.78 is 29.0. The maximum absolute atomic E-state index is 12.5. The van der Waals surface area contributed by atoms with E-state index in [2.05, 4.69) is 15.1 Å². The SMILES string of the molecule is CCCNC(=O)c1nn(CC)cc1NS(=O)(=O)c1ccc(C)cc1. The number of rotatable bonds is 7. The predicted octanol–water partition coefficient (Wildman–Crippen LogP) is 2.15. The molecule has 2 N–H and O–H groups in total. The van der Waals surface area contributed by atoms with Gasteiger partial charge in [0.15, 0.2) is 5.69 Å². The molecule has 0 saturated heterocycles. The highest BCUT2D eigenvalue weighted by molar-refractivity contribution is 7.92. The van der Waals surface area contributed by atoms with Crippen LogP contribution in [0.25, 0.3) is 0 Å². The van der Waals surface area contributed by atoms with E-state index in [4.69, 9.17) is 0 Å². The predicted molar refractivity (Wildman–Crippen MR) is 92.5 cm³/mol. The highest BCUT2D eigenvalue weighted by Crippen LogP contribution is 2.20. The number of carbonyl (C=O) groups is 1. The zero-order valence-corrected chi connectivity index (χ0v) is 14.9. The topological polar surface area (TPSA) is 93.1 Å². The number of aromatic nitrogens is 2. The lowest BCUT2D eigenvalue weighted by atomic mass is 10.2. The van der Waals surface area contributed by atoms with Gasteiger partial charge in [0.2, 0.25) is 0 Å². The molecule has 0 spiro atoms. The third-order valence-corrected chi connectivity index (χ3v) is 4.79. The second-order valence-corrected chi connectivity index (χ2v) is 7.10. The zero-order valence-electron chi connectivity index (χ0n) is 14.0. The van der Waals surface area contributed by atoms with Crippen LogP contribution in [-0.2, 0) is 16.6 Å². The van der Waals surface area contributed by atoms with Crippen LogP contribution in [0.2, 0.25) is 0 Å². The van der Waals surface area contributed by atoms with E-state index >= 15 is 0 Å². The summed E-state index contributed by atoms with van der Waals surface area (Å²) in [6.07, 6.45) is 2.30. The van der Waals surface area contributed by atoms with Gasteiger partial charge in [-0.1, -0.05) is 24.6 Å². The fraction of sp³-hybridized carbons (Fsp3) is 0.375. The number of hydrogen-bond acceptors (Lipinski definition) is 4. The Morgan fingerprint density at radius 1 is 1.21 bits per heavy atom. The van der Waals surface area contributed by atoms with Gasteiger partial charge in [0.1, 0.15) is 0 Å². The number of anilines is 1. The second-order valence-electron chi connectivity index (χ2n) is 5.42. The molecule has 0 saturated carbocycles. The Morgan fingerprint density at radius 3 is 2.46 bits per heavy atom. The van der Waals surface area contributed by atoms with Gasteiger partial charge in [0.05, 0.1) is 10.6 Å². The van der Waals surface area contributed by atoms with Crippen molar-refractivity contribution in [2.24, 2.45) is 0 Å². The van der Waals surface area contributed by atoms with E-state index in [1.807, 2.05) is 20.8 Å². The number of benzene rings is 1. The number of nitrogens with zero attached hydrogens (tertiary/aromatic N) is 2. The molecule has 0 bridgehead atoms. The molecule has 8 heteroatoms. The molecule has 130 valence electrons. The number of hydrogen-bond donors (Lipinski definition) is 2. The van der Waals surface area contributed by atoms with E-state index in [-0.39, 0.29) is 16.3 Å². The fourth-order valence-corrected chi connectivity index (χ4v) is 3.12. The van der Waals surface area contributed by atoms with Gasteiger partial charge in [-0.05, 0) is 32.4 Å². The van der Waals surface area contributed by atoms with Crippen LogP contribution in [0.1, 0.15) is 36.3 Å². The summed E-state index contributed by atoms with van der Waals surface area (Å²) in [7, 11) is -3.78. The molecule has 0 fully saturated rings. The van der Waals surface area contributed by atoms with Gasteiger partial charge in [0, 0.05) is 19.3 Å².